The minimum atomic E-state index is -0.232. The lowest BCUT2D eigenvalue weighted by Crippen LogP contribution is -1.97. The van der Waals surface area contributed by atoms with Crippen LogP contribution in [0.5, 0.6) is 5.75 Å². The van der Waals surface area contributed by atoms with Gasteiger partial charge in [0.25, 0.3) is 0 Å². The van der Waals surface area contributed by atoms with Crippen molar-refractivity contribution in [3.05, 3.63) is 30.1 Å². The van der Waals surface area contributed by atoms with E-state index in [0.717, 1.165) is 37.3 Å². The van der Waals surface area contributed by atoms with Crippen LogP contribution in [0.2, 0.25) is 0 Å². The molecule has 0 fully saturated rings. The van der Waals surface area contributed by atoms with Gasteiger partial charge in [-0.3, -0.25) is 0 Å². The van der Waals surface area contributed by atoms with Crippen LogP contribution in [0.1, 0.15) is 25.7 Å². The Bertz CT molecular complexity index is 261. The first-order valence-corrected chi connectivity index (χ1v) is 5.80. The van der Waals surface area contributed by atoms with Crippen LogP contribution >= 0.6 is 11.6 Å². The van der Waals surface area contributed by atoms with Crippen LogP contribution in [-0.4, -0.2) is 12.5 Å². The van der Waals surface area contributed by atoms with E-state index in [1.165, 1.54) is 12.1 Å². The third-order valence-corrected chi connectivity index (χ3v) is 2.38. The molecule has 0 unspecified atom stereocenters. The van der Waals surface area contributed by atoms with E-state index >= 15 is 0 Å². The summed E-state index contributed by atoms with van der Waals surface area (Å²) < 4.78 is 18.0. The quantitative estimate of drug-likeness (QED) is 0.508. The number of hydrogen-bond acceptors (Lipinski definition) is 1. The average Bonchev–Trinajstić information content (AvgIpc) is 2.26. The summed E-state index contributed by atoms with van der Waals surface area (Å²) in [5.74, 6) is 1.23. The van der Waals surface area contributed by atoms with Gasteiger partial charge in [-0.15, -0.1) is 11.6 Å². The molecule has 3 heteroatoms. The zero-order valence-corrected chi connectivity index (χ0v) is 9.47. The summed E-state index contributed by atoms with van der Waals surface area (Å²) in [4.78, 5) is 0. The van der Waals surface area contributed by atoms with E-state index in [9.17, 15) is 4.39 Å². The maximum Gasteiger partial charge on any atom is 0.123 e. The first-order chi connectivity index (χ1) is 7.33. The molecule has 0 spiro atoms. The van der Waals surface area contributed by atoms with Gasteiger partial charge >= 0.3 is 0 Å². The minimum absolute atomic E-state index is 0.232. The van der Waals surface area contributed by atoms with E-state index in [-0.39, 0.29) is 5.82 Å². The van der Waals surface area contributed by atoms with Crippen LogP contribution in [0.25, 0.3) is 0 Å². The number of alkyl halides is 1. The van der Waals surface area contributed by atoms with Crippen LogP contribution < -0.4 is 4.74 Å². The van der Waals surface area contributed by atoms with Gasteiger partial charge < -0.3 is 4.74 Å². The summed E-state index contributed by atoms with van der Waals surface area (Å²) in [6.07, 6.45) is 4.37. The summed E-state index contributed by atoms with van der Waals surface area (Å²) in [6.45, 7) is 0.688. The Kier molecular flexibility index (Phi) is 6.17. The van der Waals surface area contributed by atoms with E-state index in [1.54, 1.807) is 12.1 Å². The summed E-state index contributed by atoms with van der Waals surface area (Å²) in [5.41, 5.74) is 0. The van der Waals surface area contributed by atoms with Crippen molar-refractivity contribution in [1.82, 2.24) is 0 Å². The van der Waals surface area contributed by atoms with Crippen LogP contribution in [0.3, 0.4) is 0 Å². The molecule has 0 N–H and O–H groups in total. The fourth-order valence-electron chi connectivity index (χ4n) is 1.27. The van der Waals surface area contributed by atoms with E-state index in [2.05, 4.69) is 0 Å². The normalized spacial score (nSPS) is 10.3. The van der Waals surface area contributed by atoms with Gasteiger partial charge in [0.1, 0.15) is 11.6 Å². The predicted octanol–water partition coefficient (Wildman–Crippen LogP) is 4.00. The fraction of sp³-hybridized carbons (Fsp3) is 0.500. The molecule has 0 radical (unpaired) electrons. The molecule has 0 aliphatic carbocycles. The molecule has 0 aromatic heterocycles. The number of ether oxygens (including phenoxy) is 1. The summed E-state index contributed by atoms with van der Waals surface area (Å²) in [5, 5.41) is 0. The first-order valence-electron chi connectivity index (χ1n) is 5.27. The molecule has 0 aliphatic heterocycles. The van der Waals surface area contributed by atoms with Gasteiger partial charge in [0, 0.05) is 5.88 Å². The van der Waals surface area contributed by atoms with Gasteiger partial charge in [0.2, 0.25) is 0 Å². The number of unbranched alkanes of at least 4 members (excludes halogenated alkanes) is 3. The van der Waals surface area contributed by atoms with E-state index in [1.807, 2.05) is 0 Å². The van der Waals surface area contributed by atoms with Crippen molar-refractivity contribution in [1.29, 1.82) is 0 Å². The first kappa shape index (κ1) is 12.3. The molecule has 1 rings (SSSR count). The zero-order chi connectivity index (χ0) is 10.9. The monoisotopic (exact) mass is 230 g/mol. The fourth-order valence-corrected chi connectivity index (χ4v) is 1.46. The highest BCUT2D eigenvalue weighted by Crippen LogP contribution is 2.11. The molecule has 1 aromatic rings. The largest absolute Gasteiger partial charge is 0.494 e. The Morgan fingerprint density at radius 1 is 1.00 bits per heavy atom. The van der Waals surface area contributed by atoms with Crippen LogP contribution in [0.4, 0.5) is 4.39 Å². The third-order valence-electron chi connectivity index (χ3n) is 2.11. The molecule has 84 valence electrons. The van der Waals surface area contributed by atoms with E-state index in [4.69, 9.17) is 16.3 Å². The molecule has 0 saturated heterocycles. The summed E-state index contributed by atoms with van der Waals surface area (Å²) in [7, 11) is 0. The Morgan fingerprint density at radius 2 is 1.67 bits per heavy atom. The molecule has 0 bridgehead atoms. The second-order valence-electron chi connectivity index (χ2n) is 3.41. The second kappa shape index (κ2) is 7.52. The van der Waals surface area contributed by atoms with Crippen LogP contribution in [-0.2, 0) is 0 Å². The zero-order valence-electron chi connectivity index (χ0n) is 8.72. The van der Waals surface area contributed by atoms with Crippen LogP contribution in [0.15, 0.2) is 24.3 Å². The lowest BCUT2D eigenvalue weighted by Gasteiger charge is -2.05. The molecule has 0 saturated carbocycles. The molecule has 15 heavy (non-hydrogen) atoms. The Hall–Kier alpha value is -0.760. The molecule has 0 atom stereocenters. The van der Waals surface area contributed by atoms with Crippen molar-refractivity contribution in [3.8, 4) is 5.75 Å². The lowest BCUT2D eigenvalue weighted by molar-refractivity contribution is 0.304. The number of benzene rings is 1. The summed E-state index contributed by atoms with van der Waals surface area (Å²) in [6, 6.07) is 6.11. The molecule has 1 nitrogen and oxygen atoms in total. The number of hydrogen-bond donors (Lipinski definition) is 0. The SMILES string of the molecule is Fc1ccc(OCCCCCCCl)cc1. The average molecular weight is 231 g/mol. The number of rotatable bonds is 7. The van der Waals surface area contributed by atoms with Gasteiger partial charge in [0.15, 0.2) is 0 Å². The standard InChI is InChI=1S/C12H16ClFO/c13-9-3-1-2-4-10-15-12-7-5-11(14)6-8-12/h5-8H,1-4,9-10H2. The number of halogens is 2. The van der Waals surface area contributed by atoms with Crippen molar-refractivity contribution in [2.24, 2.45) is 0 Å². The minimum Gasteiger partial charge on any atom is -0.494 e. The maximum atomic E-state index is 12.5. The van der Waals surface area contributed by atoms with Crippen molar-refractivity contribution in [2.45, 2.75) is 25.7 Å². The van der Waals surface area contributed by atoms with Crippen molar-refractivity contribution in [3.63, 3.8) is 0 Å². The summed E-state index contributed by atoms with van der Waals surface area (Å²) >= 11 is 5.56. The smallest absolute Gasteiger partial charge is 0.123 e. The topological polar surface area (TPSA) is 9.23 Å². The molecule has 1 aromatic carbocycles. The maximum absolute atomic E-state index is 12.5. The molecule has 0 amide bonds. The second-order valence-corrected chi connectivity index (χ2v) is 3.78. The molecular weight excluding hydrogens is 215 g/mol. The van der Waals surface area contributed by atoms with Gasteiger partial charge in [-0.05, 0) is 37.1 Å². The molecule has 0 aliphatic rings. The van der Waals surface area contributed by atoms with Gasteiger partial charge in [-0.25, -0.2) is 4.39 Å². The molecule has 0 heterocycles. The Labute approximate surface area is 95.2 Å². The van der Waals surface area contributed by atoms with Gasteiger partial charge in [-0.1, -0.05) is 12.8 Å². The van der Waals surface area contributed by atoms with Crippen molar-refractivity contribution in [2.75, 3.05) is 12.5 Å². The van der Waals surface area contributed by atoms with Gasteiger partial charge in [0.05, 0.1) is 6.61 Å². The van der Waals surface area contributed by atoms with Crippen molar-refractivity contribution < 1.29 is 9.13 Å². The Morgan fingerprint density at radius 3 is 2.33 bits per heavy atom. The highest BCUT2D eigenvalue weighted by Gasteiger charge is 1.94. The van der Waals surface area contributed by atoms with Gasteiger partial charge in [-0.2, -0.15) is 0 Å². The highest BCUT2D eigenvalue weighted by atomic mass is 35.5. The predicted molar refractivity (Wildman–Crippen MR) is 61.1 cm³/mol. The lowest BCUT2D eigenvalue weighted by atomic mass is 10.2. The third kappa shape index (κ3) is 5.63. The molecular formula is C12H16ClFO. The highest BCUT2D eigenvalue weighted by molar-refractivity contribution is 6.17. The van der Waals surface area contributed by atoms with Crippen LogP contribution in [0, 0.1) is 5.82 Å². The van der Waals surface area contributed by atoms with Crippen molar-refractivity contribution >= 4 is 11.6 Å². The Balaban J connectivity index is 2.07. The van der Waals surface area contributed by atoms with E-state index in [0.29, 0.717) is 6.61 Å². The van der Waals surface area contributed by atoms with E-state index < -0.39 is 0 Å².